The van der Waals surface area contributed by atoms with Gasteiger partial charge in [0.2, 0.25) is 5.95 Å². The zero-order valence-corrected chi connectivity index (χ0v) is 20.9. The second-order valence-corrected chi connectivity index (χ2v) is 8.52. The van der Waals surface area contributed by atoms with Crippen LogP contribution in [0.2, 0.25) is 0 Å². The molecular formula is C26H38N6O2. The van der Waals surface area contributed by atoms with Crippen LogP contribution < -0.4 is 16.0 Å². The molecule has 184 valence electrons. The molecule has 34 heavy (non-hydrogen) atoms. The van der Waals surface area contributed by atoms with Crippen LogP contribution in [0.4, 0.5) is 17.5 Å². The third kappa shape index (κ3) is 6.05. The predicted molar refractivity (Wildman–Crippen MR) is 139 cm³/mol. The van der Waals surface area contributed by atoms with E-state index < -0.39 is 0 Å². The number of hydrogen-bond donors (Lipinski definition) is 2. The number of anilines is 3. The van der Waals surface area contributed by atoms with Gasteiger partial charge in [-0.3, -0.25) is 4.57 Å². The van der Waals surface area contributed by atoms with E-state index >= 15 is 0 Å². The molecule has 0 spiro atoms. The van der Waals surface area contributed by atoms with E-state index in [2.05, 4.69) is 41.6 Å². The monoisotopic (exact) mass is 466 g/mol. The Bertz CT molecular complexity index is 1060. The van der Waals surface area contributed by atoms with Crippen molar-refractivity contribution in [1.82, 2.24) is 14.5 Å². The van der Waals surface area contributed by atoms with Crippen molar-refractivity contribution in [3.8, 4) is 0 Å². The summed E-state index contributed by atoms with van der Waals surface area (Å²) >= 11 is 0. The number of esters is 1. The number of benzene rings is 1. The number of ether oxygens (including phenoxy) is 1. The lowest BCUT2D eigenvalue weighted by molar-refractivity contribution is 0.0526. The number of pyridine rings is 1. The highest BCUT2D eigenvalue weighted by Crippen LogP contribution is 2.28. The Balaban J connectivity index is 1.94. The smallest absolute Gasteiger partial charge is 0.338 e. The number of hydrogen-bond acceptors (Lipinski definition) is 7. The molecule has 3 rings (SSSR count). The Kier molecular flexibility index (Phi) is 9.27. The second-order valence-electron chi connectivity index (χ2n) is 8.52. The van der Waals surface area contributed by atoms with Crippen LogP contribution in [0.1, 0.15) is 69.8 Å². The molecule has 0 aliphatic carbocycles. The van der Waals surface area contributed by atoms with Gasteiger partial charge < -0.3 is 20.7 Å². The minimum atomic E-state index is -0.328. The summed E-state index contributed by atoms with van der Waals surface area (Å²) in [6.07, 6.45) is 4.57. The molecule has 1 atom stereocenters. The quantitative estimate of drug-likeness (QED) is 0.331. The average Bonchev–Trinajstić information content (AvgIpc) is 3.21. The molecule has 3 N–H and O–H groups in total. The van der Waals surface area contributed by atoms with Crippen LogP contribution in [0.15, 0.2) is 36.4 Å². The molecule has 8 nitrogen and oxygen atoms in total. The fourth-order valence-electron chi connectivity index (χ4n) is 3.82. The number of imidazole rings is 1. The molecule has 0 radical (unpaired) electrons. The highest BCUT2D eigenvalue weighted by molar-refractivity contribution is 5.90. The molecule has 0 bridgehead atoms. The number of carbonyl (C=O) groups is 1. The van der Waals surface area contributed by atoms with E-state index in [-0.39, 0.29) is 12.0 Å². The first-order valence-electron chi connectivity index (χ1n) is 12.4. The van der Waals surface area contributed by atoms with Crippen molar-refractivity contribution in [1.29, 1.82) is 0 Å². The first kappa shape index (κ1) is 25.5. The standard InChI is InChI=1S/C26H38N6O2/c1-5-8-16-31(17-9-6-2)23-15-14-22-24(30-23)32(19(4)18-27)26(29-22)28-21-12-10-20(11-13-21)25(33)34-7-3/h10-15,19H,5-9,16-18,27H2,1-4H3,(H,28,29). The van der Waals surface area contributed by atoms with E-state index in [1.165, 1.54) is 0 Å². The van der Waals surface area contributed by atoms with Gasteiger partial charge in [-0.1, -0.05) is 26.7 Å². The maximum atomic E-state index is 11.9. The number of nitrogens with one attached hydrogen (secondary N) is 1. The summed E-state index contributed by atoms with van der Waals surface area (Å²) in [5, 5.41) is 3.38. The molecule has 0 fully saturated rings. The fraction of sp³-hybridized carbons (Fsp3) is 0.500. The van der Waals surface area contributed by atoms with Gasteiger partial charge in [-0.05, 0) is 63.1 Å². The zero-order chi connectivity index (χ0) is 24.5. The zero-order valence-electron chi connectivity index (χ0n) is 20.9. The van der Waals surface area contributed by atoms with E-state index in [1.807, 2.05) is 18.2 Å². The van der Waals surface area contributed by atoms with Crippen LogP contribution >= 0.6 is 0 Å². The molecule has 3 aromatic rings. The van der Waals surface area contributed by atoms with Gasteiger partial charge in [0.1, 0.15) is 11.3 Å². The van der Waals surface area contributed by atoms with Gasteiger partial charge in [0, 0.05) is 31.4 Å². The van der Waals surface area contributed by atoms with Gasteiger partial charge in [-0.15, -0.1) is 0 Å². The van der Waals surface area contributed by atoms with Gasteiger partial charge in [0.25, 0.3) is 0 Å². The summed E-state index contributed by atoms with van der Waals surface area (Å²) in [5.74, 6) is 1.32. The van der Waals surface area contributed by atoms with Crippen LogP contribution in [0.5, 0.6) is 0 Å². The minimum Gasteiger partial charge on any atom is -0.462 e. The predicted octanol–water partition coefficient (Wildman–Crippen LogP) is 5.28. The summed E-state index contributed by atoms with van der Waals surface area (Å²) < 4.78 is 7.13. The molecular weight excluding hydrogens is 428 g/mol. The van der Waals surface area contributed by atoms with Crippen LogP contribution in [0, 0.1) is 0 Å². The van der Waals surface area contributed by atoms with E-state index in [4.69, 9.17) is 20.4 Å². The van der Waals surface area contributed by atoms with Gasteiger partial charge in [-0.25, -0.2) is 14.8 Å². The Morgan fingerprint density at radius 1 is 1.06 bits per heavy atom. The molecule has 0 aliphatic rings. The number of nitrogens with two attached hydrogens (primary N) is 1. The highest BCUT2D eigenvalue weighted by Gasteiger charge is 2.19. The molecule has 8 heteroatoms. The van der Waals surface area contributed by atoms with Crippen molar-refractivity contribution in [2.45, 2.75) is 59.4 Å². The molecule has 0 amide bonds. The Morgan fingerprint density at radius 3 is 2.32 bits per heavy atom. The molecule has 2 heterocycles. The van der Waals surface area contributed by atoms with Crippen molar-refractivity contribution in [3.05, 3.63) is 42.0 Å². The number of rotatable bonds is 13. The molecule has 2 aromatic heterocycles. The van der Waals surface area contributed by atoms with Crippen LogP contribution in [0.25, 0.3) is 11.2 Å². The van der Waals surface area contributed by atoms with E-state index in [0.29, 0.717) is 24.7 Å². The lowest BCUT2D eigenvalue weighted by Gasteiger charge is -2.24. The first-order chi connectivity index (χ1) is 16.5. The molecule has 1 unspecified atom stereocenters. The van der Waals surface area contributed by atoms with E-state index in [9.17, 15) is 4.79 Å². The van der Waals surface area contributed by atoms with Gasteiger partial charge >= 0.3 is 5.97 Å². The highest BCUT2D eigenvalue weighted by atomic mass is 16.5. The van der Waals surface area contributed by atoms with Gasteiger partial charge in [0.05, 0.1) is 12.2 Å². The summed E-state index contributed by atoms with van der Waals surface area (Å²) in [4.78, 5) is 24.2. The van der Waals surface area contributed by atoms with Crippen molar-refractivity contribution in [3.63, 3.8) is 0 Å². The third-order valence-corrected chi connectivity index (χ3v) is 5.84. The van der Waals surface area contributed by atoms with E-state index in [0.717, 1.165) is 61.4 Å². The maximum absolute atomic E-state index is 11.9. The molecule has 0 saturated carbocycles. The summed E-state index contributed by atoms with van der Waals surface area (Å²) in [6, 6.07) is 11.3. The van der Waals surface area contributed by atoms with Crippen LogP contribution in [0.3, 0.4) is 0 Å². The SMILES string of the molecule is CCCCN(CCCC)c1ccc2nc(Nc3ccc(C(=O)OCC)cc3)n(C(C)CN)c2n1. The summed E-state index contributed by atoms with van der Waals surface area (Å²) in [5.41, 5.74) is 9.04. The Morgan fingerprint density at radius 2 is 1.74 bits per heavy atom. The molecule has 0 aliphatic heterocycles. The molecule has 1 aromatic carbocycles. The largest absolute Gasteiger partial charge is 0.462 e. The van der Waals surface area contributed by atoms with Crippen molar-refractivity contribution >= 4 is 34.6 Å². The topological polar surface area (TPSA) is 98.3 Å². The first-order valence-corrected chi connectivity index (χ1v) is 12.4. The van der Waals surface area contributed by atoms with Crippen LogP contribution in [-0.2, 0) is 4.74 Å². The number of carbonyl (C=O) groups excluding carboxylic acids is 1. The Hall–Kier alpha value is -3.13. The summed E-state index contributed by atoms with van der Waals surface area (Å²) in [6.45, 7) is 11.1. The van der Waals surface area contributed by atoms with Gasteiger partial charge in [0.15, 0.2) is 5.65 Å². The average molecular weight is 467 g/mol. The second kappa shape index (κ2) is 12.4. The Labute approximate surface area is 202 Å². The van der Waals surface area contributed by atoms with Crippen LogP contribution in [-0.4, -0.2) is 46.7 Å². The van der Waals surface area contributed by atoms with Crippen molar-refractivity contribution < 1.29 is 9.53 Å². The third-order valence-electron chi connectivity index (χ3n) is 5.84. The van der Waals surface area contributed by atoms with E-state index in [1.54, 1.807) is 19.1 Å². The van der Waals surface area contributed by atoms with Crippen molar-refractivity contribution in [2.24, 2.45) is 5.73 Å². The number of nitrogens with zero attached hydrogens (tertiary/aromatic N) is 4. The normalized spacial score (nSPS) is 12.0. The van der Waals surface area contributed by atoms with Crippen molar-refractivity contribution in [2.75, 3.05) is 36.5 Å². The fourth-order valence-corrected chi connectivity index (χ4v) is 3.82. The number of unbranched alkanes of at least 4 members (excludes halogenated alkanes) is 2. The lowest BCUT2D eigenvalue weighted by atomic mass is 10.2. The van der Waals surface area contributed by atoms with Gasteiger partial charge in [-0.2, -0.15) is 0 Å². The maximum Gasteiger partial charge on any atom is 0.338 e. The lowest BCUT2D eigenvalue weighted by Crippen LogP contribution is -2.26. The number of fused-ring (bicyclic) bond motifs is 1. The minimum absolute atomic E-state index is 0.00814. The number of aromatic nitrogens is 3. The summed E-state index contributed by atoms with van der Waals surface area (Å²) in [7, 11) is 0. The molecule has 0 saturated heterocycles.